The van der Waals surface area contributed by atoms with Gasteiger partial charge in [-0.3, -0.25) is 10.2 Å². The van der Waals surface area contributed by atoms with Crippen LogP contribution >= 0.6 is 0 Å². The molecule has 0 saturated carbocycles. The van der Waals surface area contributed by atoms with Gasteiger partial charge in [-0.1, -0.05) is 0 Å². The summed E-state index contributed by atoms with van der Waals surface area (Å²) < 4.78 is 22.6. The Bertz CT molecular complexity index is 1230. The molecular weight excluding hydrogens is 430 g/mol. The van der Waals surface area contributed by atoms with E-state index < -0.39 is 5.91 Å². The Morgan fingerprint density at radius 1 is 1.06 bits per heavy atom. The molecule has 0 aliphatic carbocycles. The third-order valence-electron chi connectivity index (χ3n) is 4.30. The molecule has 0 unspecified atom stereocenters. The molecule has 1 aromatic heterocycles. The quantitative estimate of drug-likeness (QED) is 0.202. The molecule has 2 heterocycles. The van der Waals surface area contributed by atoms with Gasteiger partial charge in [-0.15, -0.1) is 0 Å². The number of carbonyl (C=O) groups is 1. The van der Waals surface area contributed by atoms with E-state index in [-0.39, 0.29) is 41.6 Å². The minimum atomic E-state index is -0.402. The van der Waals surface area contributed by atoms with E-state index in [1.54, 1.807) is 30.3 Å². The van der Waals surface area contributed by atoms with Crippen molar-refractivity contribution in [3.05, 3.63) is 42.0 Å². The smallest absolute Gasteiger partial charge is 0.328 e. The largest absolute Gasteiger partial charge is 0.494 e. The topological polar surface area (TPSA) is 194 Å². The van der Waals surface area contributed by atoms with E-state index in [0.717, 1.165) is 0 Å². The van der Waals surface area contributed by atoms with Crippen LogP contribution in [0.15, 0.2) is 36.4 Å². The van der Waals surface area contributed by atoms with Crippen molar-refractivity contribution in [2.24, 2.45) is 5.73 Å². The predicted molar refractivity (Wildman–Crippen MR) is 120 cm³/mol. The average molecular weight is 451 g/mol. The van der Waals surface area contributed by atoms with Crippen molar-refractivity contribution in [1.29, 1.82) is 5.41 Å². The maximum Gasteiger partial charge on any atom is 0.328 e. The van der Waals surface area contributed by atoms with Crippen LogP contribution < -0.4 is 41.5 Å². The highest BCUT2D eigenvalue weighted by Gasteiger charge is 2.26. The summed E-state index contributed by atoms with van der Waals surface area (Å²) in [4.78, 5) is 20.3. The molecule has 170 valence electrons. The Morgan fingerprint density at radius 3 is 2.45 bits per heavy atom. The van der Waals surface area contributed by atoms with Crippen molar-refractivity contribution in [1.82, 2.24) is 9.97 Å². The van der Waals surface area contributed by atoms with Gasteiger partial charge >= 0.3 is 6.01 Å². The van der Waals surface area contributed by atoms with Gasteiger partial charge in [0.1, 0.15) is 23.1 Å². The fourth-order valence-electron chi connectivity index (χ4n) is 3.00. The number of hydrogen-bond acceptors (Lipinski definition) is 10. The van der Waals surface area contributed by atoms with Crippen molar-refractivity contribution in [3.63, 3.8) is 0 Å². The summed E-state index contributed by atoms with van der Waals surface area (Å²) in [5, 5.41) is 10.4. The lowest BCUT2D eigenvalue weighted by Gasteiger charge is -2.20. The summed E-state index contributed by atoms with van der Waals surface area (Å²) in [7, 11) is 0. The zero-order valence-electron chi connectivity index (χ0n) is 17.5. The minimum Gasteiger partial charge on any atom is -0.494 e. The highest BCUT2D eigenvalue weighted by molar-refractivity contribution is 5.97. The average Bonchev–Trinajstić information content (AvgIpc) is 2.73. The van der Waals surface area contributed by atoms with Gasteiger partial charge in [0.05, 0.1) is 6.61 Å². The second-order valence-corrected chi connectivity index (χ2v) is 6.91. The molecule has 8 N–H and O–H groups in total. The Morgan fingerprint density at radius 2 is 1.76 bits per heavy atom. The summed E-state index contributed by atoms with van der Waals surface area (Å²) in [5.41, 5.74) is 18.6. The molecule has 4 rings (SSSR count). The Labute approximate surface area is 188 Å². The van der Waals surface area contributed by atoms with Gasteiger partial charge in [-0.25, -0.2) is 0 Å². The van der Waals surface area contributed by atoms with Crippen LogP contribution in [0.1, 0.15) is 12.5 Å². The number of nitrogen functional groups attached to an aromatic ring is 3. The molecule has 1 aliphatic heterocycles. The van der Waals surface area contributed by atoms with Crippen molar-refractivity contribution in [2.75, 3.05) is 30.0 Å². The molecule has 0 atom stereocenters. The lowest BCUT2D eigenvalue weighted by molar-refractivity contribution is -0.118. The number of nitrogens with one attached hydrogen (secondary N) is 2. The van der Waals surface area contributed by atoms with E-state index in [9.17, 15) is 4.79 Å². The third kappa shape index (κ3) is 4.95. The first-order chi connectivity index (χ1) is 15.8. The maximum atomic E-state index is 11.9. The Hall–Kier alpha value is -4.74. The maximum absolute atomic E-state index is 11.9. The van der Waals surface area contributed by atoms with E-state index in [2.05, 4.69) is 15.3 Å². The second-order valence-electron chi connectivity index (χ2n) is 6.91. The zero-order chi connectivity index (χ0) is 23.5. The van der Waals surface area contributed by atoms with E-state index in [1.165, 1.54) is 6.07 Å². The monoisotopic (exact) mass is 451 g/mol. The number of nitrogens with two attached hydrogens (primary N) is 3. The fraction of sp³-hybridized carbons (Fsp3) is 0.143. The number of nitrogens with zero attached hydrogens (tertiary/aromatic N) is 2. The van der Waals surface area contributed by atoms with E-state index in [4.69, 9.17) is 41.6 Å². The van der Waals surface area contributed by atoms with Gasteiger partial charge < -0.3 is 41.5 Å². The Balaban J connectivity index is 1.74. The van der Waals surface area contributed by atoms with Gasteiger partial charge in [0.15, 0.2) is 12.3 Å². The van der Waals surface area contributed by atoms with E-state index in [0.29, 0.717) is 35.0 Å². The van der Waals surface area contributed by atoms with Crippen molar-refractivity contribution >= 4 is 28.8 Å². The first-order valence-electron chi connectivity index (χ1n) is 9.79. The fourth-order valence-corrected chi connectivity index (χ4v) is 3.00. The Kier molecular flexibility index (Phi) is 5.72. The summed E-state index contributed by atoms with van der Waals surface area (Å²) in [6, 6.07) is 9.28. The molecule has 0 saturated heterocycles. The standard InChI is InChI=1S/C21H21N7O5/c1-2-30-13-3-10(18(24)25)4-14(8-13)32-20-17-19(31-9-16(29)26-17)27-21(28-20)33-15-6-11(22)5-12(23)7-15/h3-8H,2,9,22-23H2,1H3,(H3,24,25)(H,26,29). The van der Waals surface area contributed by atoms with E-state index in [1.807, 2.05) is 6.92 Å². The number of carbonyl (C=O) groups excluding carboxylic acids is 1. The molecule has 1 amide bonds. The highest BCUT2D eigenvalue weighted by atomic mass is 16.5. The molecule has 33 heavy (non-hydrogen) atoms. The van der Waals surface area contributed by atoms with Crippen molar-refractivity contribution in [2.45, 2.75) is 6.92 Å². The number of amidine groups is 1. The minimum absolute atomic E-state index is 0.0527. The molecular formula is C21H21N7O5. The van der Waals surface area contributed by atoms with Gasteiger partial charge in [0.2, 0.25) is 5.88 Å². The van der Waals surface area contributed by atoms with Crippen LogP contribution in [-0.4, -0.2) is 34.9 Å². The number of amides is 1. The summed E-state index contributed by atoms with van der Waals surface area (Å²) in [6.07, 6.45) is 0. The van der Waals surface area contributed by atoms with Crippen LogP contribution in [0.5, 0.6) is 35.0 Å². The van der Waals surface area contributed by atoms with Crippen LogP contribution in [0.4, 0.5) is 17.1 Å². The number of fused-ring (bicyclic) bond motifs is 1. The zero-order valence-corrected chi connectivity index (χ0v) is 17.5. The lowest BCUT2D eigenvalue weighted by Crippen LogP contribution is -2.26. The first kappa shape index (κ1) is 21.5. The molecule has 2 aromatic carbocycles. The van der Waals surface area contributed by atoms with Crippen molar-refractivity contribution in [3.8, 4) is 35.0 Å². The molecule has 0 spiro atoms. The van der Waals surface area contributed by atoms with E-state index >= 15 is 0 Å². The summed E-state index contributed by atoms with van der Waals surface area (Å²) in [6.45, 7) is 1.98. The van der Waals surface area contributed by atoms with Gasteiger partial charge in [-0.05, 0) is 25.1 Å². The normalized spacial score (nSPS) is 12.2. The predicted octanol–water partition coefficient (Wildman–Crippen LogP) is 2.24. The van der Waals surface area contributed by atoms with Crippen LogP contribution in [0, 0.1) is 5.41 Å². The number of anilines is 3. The number of hydrogen-bond donors (Lipinski definition) is 5. The molecule has 0 fully saturated rings. The van der Waals surface area contributed by atoms with Gasteiger partial charge in [0, 0.05) is 35.1 Å². The number of rotatable bonds is 7. The van der Waals surface area contributed by atoms with Crippen LogP contribution in [0.2, 0.25) is 0 Å². The SMILES string of the molecule is CCOc1cc(Oc2nc(Oc3cc(N)cc(N)c3)nc3c2NC(=O)CO3)cc(C(=N)N)c1. The second kappa shape index (κ2) is 8.78. The third-order valence-corrected chi connectivity index (χ3v) is 4.30. The van der Waals surface area contributed by atoms with Crippen LogP contribution in [0.25, 0.3) is 0 Å². The lowest BCUT2D eigenvalue weighted by atomic mass is 10.2. The molecule has 12 heteroatoms. The molecule has 12 nitrogen and oxygen atoms in total. The van der Waals surface area contributed by atoms with Gasteiger partial charge in [-0.2, -0.15) is 9.97 Å². The molecule has 0 bridgehead atoms. The van der Waals surface area contributed by atoms with Crippen LogP contribution in [-0.2, 0) is 4.79 Å². The van der Waals surface area contributed by atoms with Crippen molar-refractivity contribution < 1.29 is 23.7 Å². The number of benzene rings is 2. The van der Waals surface area contributed by atoms with Crippen LogP contribution in [0.3, 0.4) is 0 Å². The number of aromatic nitrogens is 2. The highest BCUT2D eigenvalue weighted by Crippen LogP contribution is 2.39. The summed E-state index contributed by atoms with van der Waals surface area (Å²) in [5.74, 6) is 0.422. The first-order valence-corrected chi connectivity index (χ1v) is 9.79. The van der Waals surface area contributed by atoms with Gasteiger partial charge in [0.25, 0.3) is 11.8 Å². The molecule has 3 aromatic rings. The number of ether oxygens (including phenoxy) is 4. The molecule has 0 radical (unpaired) electrons. The summed E-state index contributed by atoms with van der Waals surface area (Å²) >= 11 is 0. The molecule has 1 aliphatic rings.